The van der Waals surface area contributed by atoms with Crippen molar-refractivity contribution < 1.29 is 13.6 Å². The zero-order chi connectivity index (χ0) is 11.6. The normalized spacial score (nSPS) is 26.8. The molecular formula is C11H18F2N2O. The number of nitrogens with zero attached hydrogens (tertiary/aromatic N) is 1. The van der Waals surface area contributed by atoms with E-state index >= 15 is 0 Å². The maximum absolute atomic E-state index is 12.9. The van der Waals surface area contributed by atoms with E-state index in [1.165, 1.54) is 0 Å². The molecule has 1 amide bonds. The summed E-state index contributed by atoms with van der Waals surface area (Å²) in [6, 6.07) is 0. The zero-order valence-electron chi connectivity index (χ0n) is 9.35. The highest BCUT2D eigenvalue weighted by Gasteiger charge is 2.37. The summed E-state index contributed by atoms with van der Waals surface area (Å²) in [4.78, 5) is 13.6. The van der Waals surface area contributed by atoms with Crippen molar-refractivity contribution in [2.24, 2.45) is 5.92 Å². The Bertz CT molecular complexity index is 255. The van der Waals surface area contributed by atoms with Gasteiger partial charge >= 0.3 is 0 Å². The van der Waals surface area contributed by atoms with E-state index in [-0.39, 0.29) is 37.8 Å². The average Bonchev–Trinajstić information content (AvgIpc) is 2.29. The molecule has 0 aromatic carbocycles. The van der Waals surface area contributed by atoms with Gasteiger partial charge in [0.25, 0.3) is 5.92 Å². The van der Waals surface area contributed by atoms with Crippen LogP contribution in [0.1, 0.15) is 25.7 Å². The molecule has 2 fully saturated rings. The van der Waals surface area contributed by atoms with Gasteiger partial charge in [-0.05, 0) is 25.9 Å². The van der Waals surface area contributed by atoms with E-state index in [1.54, 1.807) is 4.90 Å². The summed E-state index contributed by atoms with van der Waals surface area (Å²) >= 11 is 0. The van der Waals surface area contributed by atoms with Gasteiger partial charge in [-0.3, -0.25) is 4.79 Å². The summed E-state index contributed by atoms with van der Waals surface area (Å²) in [6.45, 7) is 2.16. The molecule has 2 heterocycles. The Labute approximate surface area is 94.2 Å². The molecule has 3 nitrogen and oxygen atoms in total. The first-order valence-corrected chi connectivity index (χ1v) is 5.96. The van der Waals surface area contributed by atoms with Crippen molar-refractivity contribution in [3.05, 3.63) is 0 Å². The lowest BCUT2D eigenvalue weighted by atomic mass is 9.95. The van der Waals surface area contributed by atoms with Crippen LogP contribution in [0.25, 0.3) is 0 Å². The molecular weight excluding hydrogens is 214 g/mol. The highest BCUT2D eigenvalue weighted by molar-refractivity contribution is 5.79. The van der Waals surface area contributed by atoms with Crippen molar-refractivity contribution in [2.45, 2.75) is 31.6 Å². The van der Waals surface area contributed by atoms with Crippen molar-refractivity contribution in [2.75, 3.05) is 26.2 Å². The van der Waals surface area contributed by atoms with Gasteiger partial charge in [0.05, 0.1) is 0 Å². The first-order chi connectivity index (χ1) is 7.58. The number of amides is 1. The van der Waals surface area contributed by atoms with Gasteiger partial charge in [0, 0.05) is 31.8 Å². The smallest absolute Gasteiger partial charge is 0.251 e. The Balaban J connectivity index is 1.86. The maximum Gasteiger partial charge on any atom is 0.251 e. The number of rotatable bonds is 1. The van der Waals surface area contributed by atoms with E-state index in [1.807, 2.05) is 0 Å². The van der Waals surface area contributed by atoms with Gasteiger partial charge in [0.2, 0.25) is 5.91 Å². The van der Waals surface area contributed by atoms with Crippen LogP contribution >= 0.6 is 0 Å². The van der Waals surface area contributed by atoms with E-state index in [4.69, 9.17) is 0 Å². The molecule has 0 aliphatic carbocycles. The minimum Gasteiger partial charge on any atom is -0.342 e. The van der Waals surface area contributed by atoms with Gasteiger partial charge in [0.1, 0.15) is 0 Å². The van der Waals surface area contributed by atoms with Crippen LogP contribution in [0.15, 0.2) is 0 Å². The Morgan fingerprint density at radius 1 is 1.19 bits per heavy atom. The van der Waals surface area contributed by atoms with Crippen molar-refractivity contribution in [3.63, 3.8) is 0 Å². The standard InChI is InChI=1S/C11H18F2N2O/c12-11(13)3-7-15(8-4-11)10(16)9-1-5-14-6-2-9/h9,14H,1-8H2. The van der Waals surface area contributed by atoms with Gasteiger partial charge in [-0.1, -0.05) is 0 Å². The summed E-state index contributed by atoms with van der Waals surface area (Å²) in [7, 11) is 0. The number of carbonyl (C=O) groups excluding carboxylic acids is 1. The second kappa shape index (κ2) is 4.65. The Kier molecular flexibility index (Phi) is 3.42. The third-order valence-electron chi connectivity index (χ3n) is 3.50. The Hall–Kier alpha value is -0.710. The highest BCUT2D eigenvalue weighted by Crippen LogP contribution is 2.29. The molecule has 5 heteroatoms. The van der Waals surface area contributed by atoms with Crippen LogP contribution < -0.4 is 5.32 Å². The van der Waals surface area contributed by atoms with E-state index in [2.05, 4.69) is 5.32 Å². The largest absolute Gasteiger partial charge is 0.342 e. The third kappa shape index (κ3) is 2.70. The fourth-order valence-corrected chi connectivity index (χ4v) is 2.38. The number of likely N-dealkylation sites (tertiary alicyclic amines) is 1. The van der Waals surface area contributed by atoms with Gasteiger partial charge in [0.15, 0.2) is 0 Å². The molecule has 2 saturated heterocycles. The summed E-state index contributed by atoms with van der Waals surface area (Å²) in [6.07, 6.45) is 1.32. The Morgan fingerprint density at radius 2 is 1.75 bits per heavy atom. The number of nitrogens with one attached hydrogen (secondary N) is 1. The van der Waals surface area contributed by atoms with Crippen LogP contribution in [0.3, 0.4) is 0 Å². The number of piperidine rings is 2. The molecule has 2 aliphatic heterocycles. The average molecular weight is 232 g/mol. The van der Waals surface area contributed by atoms with Crippen LogP contribution in [0.4, 0.5) is 8.78 Å². The van der Waals surface area contributed by atoms with Crippen molar-refractivity contribution >= 4 is 5.91 Å². The van der Waals surface area contributed by atoms with E-state index in [0.29, 0.717) is 0 Å². The molecule has 0 atom stereocenters. The van der Waals surface area contributed by atoms with Crippen LogP contribution in [0.5, 0.6) is 0 Å². The third-order valence-corrected chi connectivity index (χ3v) is 3.50. The lowest BCUT2D eigenvalue weighted by molar-refractivity contribution is -0.142. The minimum atomic E-state index is -2.56. The molecule has 2 rings (SSSR count). The van der Waals surface area contributed by atoms with Crippen LogP contribution in [-0.4, -0.2) is 42.9 Å². The van der Waals surface area contributed by atoms with Gasteiger partial charge in [-0.25, -0.2) is 8.78 Å². The molecule has 0 aromatic heterocycles. The number of hydrogen-bond donors (Lipinski definition) is 1. The van der Waals surface area contributed by atoms with Crippen molar-refractivity contribution in [1.29, 1.82) is 0 Å². The van der Waals surface area contributed by atoms with E-state index in [9.17, 15) is 13.6 Å². The van der Waals surface area contributed by atoms with Gasteiger partial charge in [-0.2, -0.15) is 0 Å². The molecule has 16 heavy (non-hydrogen) atoms. The molecule has 1 N–H and O–H groups in total. The SMILES string of the molecule is O=C(C1CCNCC1)N1CCC(F)(F)CC1. The lowest BCUT2D eigenvalue weighted by Gasteiger charge is -2.35. The van der Waals surface area contributed by atoms with Gasteiger partial charge < -0.3 is 10.2 Å². The molecule has 0 radical (unpaired) electrons. The zero-order valence-corrected chi connectivity index (χ0v) is 9.35. The first kappa shape index (κ1) is 11.8. The predicted molar refractivity (Wildman–Crippen MR) is 56.4 cm³/mol. The predicted octanol–water partition coefficient (Wildman–Crippen LogP) is 1.24. The van der Waals surface area contributed by atoms with Gasteiger partial charge in [-0.15, -0.1) is 0 Å². The van der Waals surface area contributed by atoms with Crippen molar-refractivity contribution in [3.8, 4) is 0 Å². The topological polar surface area (TPSA) is 32.3 Å². The molecule has 2 aliphatic rings. The van der Waals surface area contributed by atoms with E-state index < -0.39 is 5.92 Å². The summed E-state index contributed by atoms with van der Waals surface area (Å²) in [5, 5.41) is 3.19. The van der Waals surface area contributed by atoms with Crippen LogP contribution in [0.2, 0.25) is 0 Å². The molecule has 0 unspecified atom stereocenters. The molecule has 0 bridgehead atoms. The molecule has 0 aromatic rings. The number of alkyl halides is 2. The fourth-order valence-electron chi connectivity index (χ4n) is 2.38. The van der Waals surface area contributed by atoms with E-state index in [0.717, 1.165) is 25.9 Å². The van der Waals surface area contributed by atoms with Crippen LogP contribution in [-0.2, 0) is 4.79 Å². The Morgan fingerprint density at radius 3 is 2.31 bits per heavy atom. The molecule has 0 saturated carbocycles. The molecule has 92 valence electrons. The summed E-state index contributed by atoms with van der Waals surface area (Å²) in [5.74, 6) is -2.43. The fraction of sp³-hybridized carbons (Fsp3) is 0.909. The lowest BCUT2D eigenvalue weighted by Crippen LogP contribution is -2.47. The van der Waals surface area contributed by atoms with Crippen LogP contribution in [0, 0.1) is 5.92 Å². The second-order valence-corrected chi connectivity index (χ2v) is 4.71. The highest BCUT2D eigenvalue weighted by atomic mass is 19.3. The number of halogens is 2. The van der Waals surface area contributed by atoms with Crippen molar-refractivity contribution in [1.82, 2.24) is 10.2 Å². The quantitative estimate of drug-likeness (QED) is 0.738. The number of carbonyl (C=O) groups is 1. The first-order valence-electron chi connectivity index (χ1n) is 5.96. The monoisotopic (exact) mass is 232 g/mol. The second-order valence-electron chi connectivity index (χ2n) is 4.71. The minimum absolute atomic E-state index is 0.0490. The maximum atomic E-state index is 12.9. The number of hydrogen-bond acceptors (Lipinski definition) is 2. The summed E-state index contributed by atoms with van der Waals surface area (Å²) in [5.41, 5.74) is 0. The molecule has 0 spiro atoms. The summed E-state index contributed by atoms with van der Waals surface area (Å²) < 4.78 is 25.9.